The fourth-order valence-electron chi connectivity index (χ4n) is 3.80. The van der Waals surface area contributed by atoms with E-state index in [2.05, 4.69) is 17.0 Å². The van der Waals surface area contributed by atoms with Gasteiger partial charge < -0.3 is 4.90 Å². The second-order valence-corrected chi connectivity index (χ2v) is 6.10. The van der Waals surface area contributed by atoms with E-state index >= 15 is 0 Å². The first-order chi connectivity index (χ1) is 9.28. The monoisotopic (exact) mass is 257 g/mol. The van der Waals surface area contributed by atoms with Gasteiger partial charge in [0.05, 0.1) is 0 Å². The van der Waals surface area contributed by atoms with E-state index in [1.807, 2.05) is 19.1 Å². The largest absolute Gasteiger partial charge is 0.370 e. The molecule has 2 unspecified atom stereocenters. The summed E-state index contributed by atoms with van der Waals surface area (Å²) in [4.78, 5) is 14.6. The Bertz CT molecular complexity index is 456. The van der Waals surface area contributed by atoms with Gasteiger partial charge in [-0.1, -0.05) is 25.5 Å². The van der Waals surface area contributed by atoms with Gasteiger partial charge in [-0.25, -0.2) is 0 Å². The third-order valence-electron chi connectivity index (χ3n) is 4.71. The van der Waals surface area contributed by atoms with Crippen LogP contribution in [0.2, 0.25) is 0 Å². The van der Waals surface area contributed by atoms with Crippen molar-refractivity contribution >= 4 is 11.5 Å². The third-order valence-corrected chi connectivity index (χ3v) is 4.71. The van der Waals surface area contributed by atoms with Crippen LogP contribution in [0.4, 0.5) is 5.69 Å². The summed E-state index contributed by atoms with van der Waals surface area (Å²) in [6.45, 7) is 4.24. The third kappa shape index (κ3) is 2.54. The standard InChI is InChI=1S/C17H23NO/c1-2-17(19)15-8-3-4-9-16(15)18-11-13-6-5-7-14(10-13)12-18/h3-4,8-9,13-14H,2,5-7,10-12H2,1H3. The highest BCUT2D eigenvalue weighted by Gasteiger charge is 2.31. The molecule has 2 heteroatoms. The zero-order valence-corrected chi connectivity index (χ0v) is 11.8. The second kappa shape index (κ2) is 5.36. The van der Waals surface area contributed by atoms with Crippen molar-refractivity contribution in [2.45, 2.75) is 39.0 Å². The average Bonchev–Trinajstić information content (AvgIpc) is 2.46. The minimum Gasteiger partial charge on any atom is -0.370 e. The fourth-order valence-corrected chi connectivity index (χ4v) is 3.80. The Balaban J connectivity index is 1.87. The number of Topliss-reactive ketones (excluding diaryl/α,β-unsaturated/α-hetero) is 1. The number of anilines is 1. The van der Waals surface area contributed by atoms with Gasteiger partial charge in [0.1, 0.15) is 0 Å². The number of rotatable bonds is 3. The number of nitrogens with zero attached hydrogens (tertiary/aromatic N) is 1. The molecule has 1 saturated heterocycles. The molecule has 0 radical (unpaired) electrons. The molecular weight excluding hydrogens is 234 g/mol. The molecule has 0 spiro atoms. The van der Waals surface area contributed by atoms with Crippen LogP contribution in [0.3, 0.4) is 0 Å². The first-order valence-corrected chi connectivity index (χ1v) is 7.65. The van der Waals surface area contributed by atoms with Gasteiger partial charge in [-0.3, -0.25) is 4.79 Å². The SMILES string of the molecule is CCC(=O)c1ccccc1N1CC2CCCC(C2)C1. The Kier molecular flexibility index (Phi) is 3.58. The molecule has 2 atom stereocenters. The van der Waals surface area contributed by atoms with Crippen LogP contribution in [-0.2, 0) is 0 Å². The molecule has 3 rings (SSSR count). The first kappa shape index (κ1) is 12.7. The number of carbonyl (C=O) groups is 1. The highest BCUT2D eigenvalue weighted by atomic mass is 16.1. The highest BCUT2D eigenvalue weighted by Crippen LogP contribution is 2.37. The van der Waals surface area contributed by atoms with Crippen molar-refractivity contribution in [3.05, 3.63) is 29.8 Å². The lowest BCUT2D eigenvalue weighted by Crippen LogP contribution is -2.43. The molecule has 102 valence electrons. The van der Waals surface area contributed by atoms with Crippen LogP contribution in [0.5, 0.6) is 0 Å². The van der Waals surface area contributed by atoms with Crippen molar-refractivity contribution in [2.75, 3.05) is 18.0 Å². The van der Waals surface area contributed by atoms with Gasteiger partial charge in [0, 0.05) is 30.8 Å². The van der Waals surface area contributed by atoms with E-state index in [1.54, 1.807) is 0 Å². The first-order valence-electron chi connectivity index (χ1n) is 7.65. The van der Waals surface area contributed by atoms with Crippen molar-refractivity contribution in [3.8, 4) is 0 Å². The van der Waals surface area contributed by atoms with E-state index in [1.165, 1.54) is 31.4 Å². The lowest BCUT2D eigenvalue weighted by atomic mass is 9.77. The van der Waals surface area contributed by atoms with Gasteiger partial charge in [0.25, 0.3) is 0 Å². The number of benzene rings is 1. The van der Waals surface area contributed by atoms with Crippen molar-refractivity contribution in [1.29, 1.82) is 0 Å². The van der Waals surface area contributed by atoms with E-state index in [4.69, 9.17) is 0 Å². The van der Waals surface area contributed by atoms with Crippen LogP contribution in [0.25, 0.3) is 0 Å². The van der Waals surface area contributed by atoms with Gasteiger partial charge in [0.2, 0.25) is 0 Å². The van der Waals surface area contributed by atoms with Gasteiger partial charge in [0.15, 0.2) is 5.78 Å². The molecule has 0 aromatic heterocycles. The molecule has 2 bridgehead atoms. The maximum Gasteiger partial charge on any atom is 0.164 e. The Hall–Kier alpha value is -1.31. The average molecular weight is 257 g/mol. The molecule has 19 heavy (non-hydrogen) atoms. The van der Waals surface area contributed by atoms with Gasteiger partial charge in [-0.15, -0.1) is 0 Å². The predicted molar refractivity (Wildman–Crippen MR) is 78.7 cm³/mol. The topological polar surface area (TPSA) is 20.3 Å². The summed E-state index contributed by atoms with van der Waals surface area (Å²) in [6.07, 6.45) is 6.14. The van der Waals surface area contributed by atoms with Crippen molar-refractivity contribution in [3.63, 3.8) is 0 Å². The quantitative estimate of drug-likeness (QED) is 0.765. The second-order valence-electron chi connectivity index (χ2n) is 6.10. The van der Waals surface area contributed by atoms with E-state index in [0.29, 0.717) is 6.42 Å². The summed E-state index contributed by atoms with van der Waals surface area (Å²) in [5.74, 6) is 1.96. The zero-order valence-electron chi connectivity index (χ0n) is 11.8. The number of para-hydroxylation sites is 1. The van der Waals surface area contributed by atoms with E-state index in [-0.39, 0.29) is 5.78 Å². The molecular formula is C17H23NO. The van der Waals surface area contributed by atoms with Crippen LogP contribution in [0.1, 0.15) is 49.4 Å². The molecule has 2 fully saturated rings. The summed E-state index contributed by atoms with van der Waals surface area (Å²) in [5.41, 5.74) is 2.09. The molecule has 0 amide bonds. The molecule has 2 aliphatic rings. The summed E-state index contributed by atoms with van der Waals surface area (Å²) >= 11 is 0. The smallest absolute Gasteiger partial charge is 0.164 e. The highest BCUT2D eigenvalue weighted by molar-refractivity contribution is 6.01. The van der Waals surface area contributed by atoms with Crippen LogP contribution in [-0.4, -0.2) is 18.9 Å². The Morgan fingerprint density at radius 2 is 1.89 bits per heavy atom. The summed E-state index contributed by atoms with van der Waals surface area (Å²) in [7, 11) is 0. The molecule has 1 saturated carbocycles. The van der Waals surface area contributed by atoms with E-state index in [0.717, 1.165) is 30.5 Å². The van der Waals surface area contributed by atoms with Crippen molar-refractivity contribution < 1.29 is 4.79 Å². The lowest BCUT2D eigenvalue weighted by molar-refractivity contribution is 0.0988. The minimum absolute atomic E-state index is 0.270. The number of piperidine rings is 1. The van der Waals surface area contributed by atoms with Crippen molar-refractivity contribution in [2.24, 2.45) is 11.8 Å². The maximum atomic E-state index is 12.1. The normalized spacial score (nSPS) is 26.3. The number of hydrogen-bond acceptors (Lipinski definition) is 2. The number of fused-ring (bicyclic) bond motifs is 2. The van der Waals surface area contributed by atoms with Gasteiger partial charge >= 0.3 is 0 Å². The molecule has 1 aliphatic carbocycles. The minimum atomic E-state index is 0.270. The Labute approximate surface area is 115 Å². The number of ketones is 1. The Morgan fingerprint density at radius 1 is 1.21 bits per heavy atom. The number of carbonyl (C=O) groups excluding carboxylic acids is 1. The van der Waals surface area contributed by atoms with Crippen molar-refractivity contribution in [1.82, 2.24) is 0 Å². The number of hydrogen-bond donors (Lipinski definition) is 0. The molecule has 1 aliphatic heterocycles. The molecule has 1 aromatic carbocycles. The van der Waals surface area contributed by atoms with Crippen LogP contribution in [0, 0.1) is 11.8 Å². The van der Waals surface area contributed by atoms with E-state index in [9.17, 15) is 4.79 Å². The van der Waals surface area contributed by atoms with Crippen LogP contribution >= 0.6 is 0 Å². The Morgan fingerprint density at radius 3 is 2.58 bits per heavy atom. The lowest BCUT2D eigenvalue weighted by Gasteiger charge is -2.43. The summed E-state index contributed by atoms with van der Waals surface area (Å²) in [6, 6.07) is 8.17. The molecule has 2 nitrogen and oxygen atoms in total. The van der Waals surface area contributed by atoms with Gasteiger partial charge in [-0.2, -0.15) is 0 Å². The predicted octanol–water partition coefficient (Wildman–Crippen LogP) is 3.91. The van der Waals surface area contributed by atoms with E-state index < -0.39 is 0 Å². The maximum absolute atomic E-state index is 12.1. The van der Waals surface area contributed by atoms with Gasteiger partial charge in [-0.05, 0) is 43.2 Å². The summed E-state index contributed by atoms with van der Waals surface area (Å²) < 4.78 is 0. The molecule has 1 heterocycles. The van der Waals surface area contributed by atoms with Crippen LogP contribution in [0.15, 0.2) is 24.3 Å². The molecule has 0 N–H and O–H groups in total. The zero-order chi connectivity index (χ0) is 13.2. The fraction of sp³-hybridized carbons (Fsp3) is 0.588. The summed E-state index contributed by atoms with van der Waals surface area (Å²) in [5, 5.41) is 0. The molecule has 1 aromatic rings. The van der Waals surface area contributed by atoms with Crippen LogP contribution < -0.4 is 4.90 Å².